The first-order valence-electron chi connectivity index (χ1n) is 3.94. The summed E-state index contributed by atoms with van der Waals surface area (Å²) in [6.07, 6.45) is 4.31. The number of rotatable bonds is 6. The van der Waals surface area contributed by atoms with Crippen LogP contribution in [0.15, 0.2) is 0 Å². The average Bonchev–Trinajstić information content (AvgIpc) is 1.90. The van der Waals surface area contributed by atoms with Crippen molar-refractivity contribution >= 4 is 6.47 Å². The van der Waals surface area contributed by atoms with Gasteiger partial charge in [0.05, 0.1) is 0 Å². The summed E-state index contributed by atoms with van der Waals surface area (Å²) in [5.41, 5.74) is 0. The lowest BCUT2D eigenvalue weighted by molar-refractivity contribution is -0.134. The topological polar surface area (TPSA) is 26.3 Å². The third kappa shape index (κ3) is 4.36. The van der Waals surface area contributed by atoms with Gasteiger partial charge in [0.25, 0.3) is 6.47 Å². The predicted octanol–water partition coefficient (Wildman–Crippen LogP) is 2.13. The molecule has 0 aliphatic rings. The zero-order valence-corrected chi connectivity index (χ0v) is 6.80. The molecule has 0 heterocycles. The average molecular weight is 144 g/mol. The van der Waals surface area contributed by atoms with Gasteiger partial charge in [0, 0.05) is 0 Å². The quantitative estimate of drug-likeness (QED) is 0.534. The Morgan fingerprint density at radius 1 is 1.30 bits per heavy atom. The zero-order valence-electron chi connectivity index (χ0n) is 6.80. The van der Waals surface area contributed by atoms with E-state index in [1.807, 2.05) is 0 Å². The normalized spacial score (nSPS) is 9.90. The van der Waals surface area contributed by atoms with Crippen LogP contribution in [0.25, 0.3) is 0 Å². The molecule has 0 bridgehead atoms. The minimum atomic E-state index is 0.160. The molecule has 0 aromatic carbocycles. The number of hydrogen-bond donors (Lipinski definition) is 0. The Hall–Kier alpha value is -0.530. The Bertz CT molecular complexity index is 75.3. The van der Waals surface area contributed by atoms with Crippen LogP contribution in [0.1, 0.15) is 39.5 Å². The van der Waals surface area contributed by atoms with Gasteiger partial charge < -0.3 is 4.74 Å². The van der Waals surface area contributed by atoms with E-state index in [9.17, 15) is 4.79 Å². The lowest BCUT2D eigenvalue weighted by Gasteiger charge is -2.11. The van der Waals surface area contributed by atoms with E-state index in [1.165, 1.54) is 0 Å². The van der Waals surface area contributed by atoms with E-state index in [2.05, 4.69) is 13.8 Å². The van der Waals surface area contributed by atoms with E-state index in [1.54, 1.807) is 0 Å². The van der Waals surface area contributed by atoms with Gasteiger partial charge >= 0.3 is 0 Å². The SMILES string of the molecule is CCCC(CCC)OC=O. The van der Waals surface area contributed by atoms with Crippen LogP contribution in [0.3, 0.4) is 0 Å². The minimum absolute atomic E-state index is 0.160. The van der Waals surface area contributed by atoms with Gasteiger partial charge in [0.1, 0.15) is 6.10 Å². The summed E-state index contributed by atoms with van der Waals surface area (Å²) in [7, 11) is 0. The molecule has 0 fully saturated rings. The van der Waals surface area contributed by atoms with Crippen LogP contribution in [-0.2, 0) is 9.53 Å². The highest BCUT2D eigenvalue weighted by Gasteiger charge is 2.04. The molecule has 2 heteroatoms. The predicted molar refractivity (Wildman–Crippen MR) is 40.8 cm³/mol. The van der Waals surface area contributed by atoms with Crippen molar-refractivity contribution in [3.05, 3.63) is 0 Å². The first-order valence-corrected chi connectivity index (χ1v) is 3.94. The lowest BCUT2D eigenvalue weighted by Crippen LogP contribution is -2.10. The van der Waals surface area contributed by atoms with Crippen LogP contribution in [0, 0.1) is 0 Å². The van der Waals surface area contributed by atoms with Crippen molar-refractivity contribution in [1.82, 2.24) is 0 Å². The van der Waals surface area contributed by atoms with E-state index in [-0.39, 0.29) is 6.10 Å². The maximum absolute atomic E-state index is 9.94. The van der Waals surface area contributed by atoms with E-state index in [4.69, 9.17) is 4.74 Å². The summed E-state index contributed by atoms with van der Waals surface area (Å²) in [6, 6.07) is 0. The largest absolute Gasteiger partial charge is 0.465 e. The van der Waals surface area contributed by atoms with Crippen molar-refractivity contribution < 1.29 is 9.53 Å². The fourth-order valence-corrected chi connectivity index (χ4v) is 1.00. The van der Waals surface area contributed by atoms with Crippen LogP contribution in [0.4, 0.5) is 0 Å². The second-order valence-corrected chi connectivity index (χ2v) is 2.43. The molecule has 0 aliphatic carbocycles. The molecule has 0 aromatic rings. The van der Waals surface area contributed by atoms with Crippen molar-refractivity contribution in [2.45, 2.75) is 45.6 Å². The van der Waals surface area contributed by atoms with Gasteiger partial charge in [-0.15, -0.1) is 0 Å². The monoisotopic (exact) mass is 144 g/mol. The van der Waals surface area contributed by atoms with E-state index >= 15 is 0 Å². The summed E-state index contributed by atoms with van der Waals surface area (Å²) < 4.78 is 4.84. The van der Waals surface area contributed by atoms with Crippen LogP contribution in [-0.4, -0.2) is 12.6 Å². The molecule has 10 heavy (non-hydrogen) atoms. The highest BCUT2D eigenvalue weighted by molar-refractivity contribution is 5.37. The van der Waals surface area contributed by atoms with Crippen molar-refractivity contribution in [2.75, 3.05) is 0 Å². The molecule has 2 nitrogen and oxygen atoms in total. The van der Waals surface area contributed by atoms with E-state index in [0.717, 1.165) is 25.7 Å². The lowest BCUT2D eigenvalue weighted by atomic mass is 10.1. The molecule has 0 spiro atoms. The van der Waals surface area contributed by atoms with Gasteiger partial charge in [0.2, 0.25) is 0 Å². The summed E-state index contributed by atoms with van der Waals surface area (Å²) in [6.45, 7) is 4.74. The van der Waals surface area contributed by atoms with Gasteiger partial charge in [0.15, 0.2) is 0 Å². The van der Waals surface area contributed by atoms with Crippen LogP contribution in [0.5, 0.6) is 0 Å². The van der Waals surface area contributed by atoms with Crippen LogP contribution >= 0.6 is 0 Å². The standard InChI is InChI=1S/C8H16O2/c1-3-5-8(6-4-2)10-7-9/h7-8H,3-6H2,1-2H3. The summed E-state index contributed by atoms with van der Waals surface area (Å²) in [5.74, 6) is 0. The minimum Gasteiger partial charge on any atom is -0.465 e. The Kier molecular flexibility index (Phi) is 6.24. The Morgan fingerprint density at radius 2 is 1.80 bits per heavy atom. The van der Waals surface area contributed by atoms with Gasteiger partial charge in [-0.25, -0.2) is 0 Å². The highest BCUT2D eigenvalue weighted by Crippen LogP contribution is 2.07. The van der Waals surface area contributed by atoms with Gasteiger partial charge in [-0.05, 0) is 12.8 Å². The molecule has 0 saturated carbocycles. The zero-order chi connectivity index (χ0) is 7.82. The van der Waals surface area contributed by atoms with Crippen molar-refractivity contribution in [3.8, 4) is 0 Å². The maximum Gasteiger partial charge on any atom is 0.293 e. The number of ether oxygens (including phenoxy) is 1. The van der Waals surface area contributed by atoms with Crippen molar-refractivity contribution in [1.29, 1.82) is 0 Å². The van der Waals surface area contributed by atoms with Gasteiger partial charge in [-0.1, -0.05) is 26.7 Å². The number of hydrogen-bond acceptors (Lipinski definition) is 2. The molecule has 0 radical (unpaired) electrons. The molecule has 0 N–H and O–H groups in total. The molecule has 0 saturated heterocycles. The highest BCUT2D eigenvalue weighted by atomic mass is 16.5. The first kappa shape index (κ1) is 9.47. The molecule has 0 unspecified atom stereocenters. The van der Waals surface area contributed by atoms with Crippen LogP contribution < -0.4 is 0 Å². The van der Waals surface area contributed by atoms with Crippen LogP contribution in [0.2, 0.25) is 0 Å². The molecular formula is C8H16O2. The molecule has 60 valence electrons. The van der Waals surface area contributed by atoms with Gasteiger partial charge in [-0.3, -0.25) is 4.79 Å². The smallest absolute Gasteiger partial charge is 0.293 e. The summed E-state index contributed by atoms with van der Waals surface area (Å²) in [4.78, 5) is 9.94. The van der Waals surface area contributed by atoms with Gasteiger partial charge in [-0.2, -0.15) is 0 Å². The van der Waals surface area contributed by atoms with Crippen molar-refractivity contribution in [2.24, 2.45) is 0 Å². The second-order valence-electron chi connectivity index (χ2n) is 2.43. The van der Waals surface area contributed by atoms with E-state index in [0.29, 0.717) is 6.47 Å². The number of carbonyl (C=O) groups is 1. The number of carbonyl (C=O) groups excluding carboxylic acids is 1. The Labute approximate surface area is 62.6 Å². The molecular weight excluding hydrogens is 128 g/mol. The summed E-state index contributed by atoms with van der Waals surface area (Å²) >= 11 is 0. The fraction of sp³-hybridized carbons (Fsp3) is 0.875. The van der Waals surface area contributed by atoms with E-state index < -0.39 is 0 Å². The molecule has 0 aromatic heterocycles. The Balaban J connectivity index is 3.38. The third-order valence-corrected chi connectivity index (χ3v) is 1.47. The molecule has 0 atom stereocenters. The van der Waals surface area contributed by atoms with Crippen molar-refractivity contribution in [3.63, 3.8) is 0 Å². The molecule has 0 rings (SSSR count). The Morgan fingerprint density at radius 3 is 2.10 bits per heavy atom. The third-order valence-electron chi connectivity index (χ3n) is 1.47. The fourth-order valence-electron chi connectivity index (χ4n) is 1.00. The summed E-state index contributed by atoms with van der Waals surface area (Å²) in [5, 5.41) is 0. The second kappa shape index (κ2) is 6.59. The molecule has 0 amide bonds. The first-order chi connectivity index (χ1) is 4.85. The molecule has 0 aliphatic heterocycles. The maximum atomic E-state index is 9.94.